The van der Waals surface area contributed by atoms with Crippen LogP contribution in [0, 0.1) is 0 Å². The number of hydrogen-bond donors (Lipinski definition) is 2. The number of aliphatic hydroxyl groups excluding tert-OH is 2. The Hall–Kier alpha value is -1.65. The summed E-state index contributed by atoms with van der Waals surface area (Å²) in [5, 5.41) is 17.7. The third-order valence-electron chi connectivity index (χ3n) is 4.37. The number of ether oxygens (including phenoxy) is 1. The van der Waals surface area contributed by atoms with E-state index in [0.29, 0.717) is 6.42 Å². The smallest absolute Gasteiger partial charge is 0.305 e. The molecule has 0 saturated heterocycles. The number of rotatable bonds is 19. The highest BCUT2D eigenvalue weighted by Gasteiger charge is 2.07. The van der Waals surface area contributed by atoms with E-state index in [4.69, 9.17) is 14.9 Å². The normalized spacial score (nSPS) is 13.3. The maximum atomic E-state index is 11.4. The van der Waals surface area contributed by atoms with Crippen molar-refractivity contribution in [2.24, 2.45) is 0 Å². The average Bonchev–Trinajstić information content (AvgIpc) is 2.73. The van der Waals surface area contributed by atoms with Crippen molar-refractivity contribution in [2.45, 2.75) is 90.1 Å². The molecule has 0 radical (unpaired) electrons. The number of hydrogen-bond acceptors (Lipinski definition) is 4. The fourth-order valence-electron chi connectivity index (χ4n) is 2.65. The van der Waals surface area contributed by atoms with Gasteiger partial charge in [-0.15, -0.1) is 0 Å². The molecule has 1 unspecified atom stereocenters. The Morgan fingerprint density at radius 1 is 0.793 bits per heavy atom. The van der Waals surface area contributed by atoms with Gasteiger partial charge < -0.3 is 14.9 Å². The van der Waals surface area contributed by atoms with Gasteiger partial charge >= 0.3 is 5.97 Å². The van der Waals surface area contributed by atoms with E-state index in [1.165, 1.54) is 19.3 Å². The van der Waals surface area contributed by atoms with E-state index < -0.39 is 6.10 Å². The second-order valence-corrected chi connectivity index (χ2v) is 7.18. The molecule has 4 nitrogen and oxygen atoms in total. The highest BCUT2D eigenvalue weighted by Crippen LogP contribution is 2.09. The molecule has 0 aromatic heterocycles. The Bertz CT molecular complexity index is 477. The monoisotopic (exact) mass is 406 g/mol. The number of unbranched alkanes of at least 4 members (excludes halogenated alkanes) is 6. The van der Waals surface area contributed by atoms with Crippen LogP contribution < -0.4 is 0 Å². The lowest BCUT2D eigenvalue weighted by atomic mass is 10.1. The molecule has 0 saturated carbocycles. The van der Waals surface area contributed by atoms with Gasteiger partial charge in [0.15, 0.2) is 0 Å². The van der Waals surface area contributed by atoms with Gasteiger partial charge in [-0.2, -0.15) is 0 Å². The predicted octanol–water partition coefficient (Wildman–Crippen LogP) is 5.81. The summed E-state index contributed by atoms with van der Waals surface area (Å²) in [5.74, 6) is -0.295. The standard InChI is InChI=1S/C25H42O4/c1-2-3-4-5-6-7-8-9-10-11-12-13-14-15-16-17-18-19-20-21-25(28)29-23-24(27)22-26/h3-4,6-7,9-10,12-13,24,26-27H,2,5,8,11,14-23H2,1H3/b4-3-,7-6-,10-9-,13-12-. The number of allylic oxidation sites excluding steroid dienone is 8. The molecular formula is C25H42O4. The average molecular weight is 407 g/mol. The van der Waals surface area contributed by atoms with Crippen molar-refractivity contribution in [1.29, 1.82) is 0 Å². The molecule has 29 heavy (non-hydrogen) atoms. The maximum absolute atomic E-state index is 11.4. The van der Waals surface area contributed by atoms with Crippen LogP contribution in [0.15, 0.2) is 48.6 Å². The van der Waals surface area contributed by atoms with Crippen molar-refractivity contribution in [2.75, 3.05) is 13.2 Å². The van der Waals surface area contributed by atoms with Gasteiger partial charge in [-0.1, -0.05) is 81.2 Å². The van der Waals surface area contributed by atoms with Gasteiger partial charge in [0.1, 0.15) is 12.7 Å². The van der Waals surface area contributed by atoms with Crippen LogP contribution in [0.5, 0.6) is 0 Å². The second-order valence-electron chi connectivity index (χ2n) is 7.18. The van der Waals surface area contributed by atoms with Gasteiger partial charge in [-0.25, -0.2) is 0 Å². The van der Waals surface area contributed by atoms with Crippen LogP contribution in [0.2, 0.25) is 0 Å². The molecule has 0 aliphatic rings. The van der Waals surface area contributed by atoms with E-state index in [2.05, 4.69) is 55.5 Å². The minimum atomic E-state index is -0.968. The molecule has 0 fully saturated rings. The molecule has 0 heterocycles. The molecule has 2 N–H and O–H groups in total. The summed E-state index contributed by atoms with van der Waals surface area (Å²) in [6, 6.07) is 0. The van der Waals surface area contributed by atoms with Gasteiger partial charge in [0.05, 0.1) is 6.61 Å². The molecule has 0 rings (SSSR count). The summed E-state index contributed by atoms with van der Waals surface area (Å²) in [6.07, 6.45) is 29.1. The topological polar surface area (TPSA) is 66.8 Å². The Labute approximate surface area is 178 Å². The highest BCUT2D eigenvalue weighted by atomic mass is 16.5. The zero-order chi connectivity index (χ0) is 21.4. The number of carbonyl (C=O) groups excluding carboxylic acids is 1. The van der Waals surface area contributed by atoms with Crippen LogP contribution in [0.4, 0.5) is 0 Å². The minimum Gasteiger partial charge on any atom is -0.463 e. The fraction of sp³-hybridized carbons (Fsp3) is 0.640. The highest BCUT2D eigenvalue weighted by molar-refractivity contribution is 5.69. The summed E-state index contributed by atoms with van der Waals surface area (Å²) in [5.41, 5.74) is 0. The van der Waals surface area contributed by atoms with E-state index in [1.807, 2.05) is 0 Å². The van der Waals surface area contributed by atoms with Crippen LogP contribution in [0.3, 0.4) is 0 Å². The van der Waals surface area contributed by atoms with Crippen LogP contribution in [0.1, 0.15) is 84.0 Å². The summed E-state index contributed by atoms with van der Waals surface area (Å²) < 4.78 is 4.86. The van der Waals surface area contributed by atoms with E-state index in [0.717, 1.165) is 51.4 Å². The first kappa shape index (κ1) is 27.4. The van der Waals surface area contributed by atoms with Crippen LogP contribution in [0.25, 0.3) is 0 Å². The van der Waals surface area contributed by atoms with Crippen molar-refractivity contribution < 1.29 is 19.7 Å². The molecule has 166 valence electrons. The number of esters is 1. The lowest BCUT2D eigenvalue weighted by Crippen LogP contribution is -2.21. The van der Waals surface area contributed by atoms with Crippen molar-refractivity contribution in [3.63, 3.8) is 0 Å². The summed E-state index contributed by atoms with van der Waals surface area (Å²) in [4.78, 5) is 11.4. The lowest BCUT2D eigenvalue weighted by Gasteiger charge is -2.08. The van der Waals surface area contributed by atoms with E-state index in [9.17, 15) is 4.79 Å². The Kier molecular flexibility index (Phi) is 21.3. The van der Waals surface area contributed by atoms with Crippen LogP contribution in [-0.4, -0.2) is 35.5 Å². The van der Waals surface area contributed by atoms with Gasteiger partial charge in [-0.05, 0) is 44.9 Å². The Morgan fingerprint density at radius 3 is 1.90 bits per heavy atom. The minimum absolute atomic E-state index is 0.118. The van der Waals surface area contributed by atoms with Crippen molar-refractivity contribution in [3.8, 4) is 0 Å². The van der Waals surface area contributed by atoms with Gasteiger partial charge in [0.2, 0.25) is 0 Å². The lowest BCUT2D eigenvalue weighted by molar-refractivity contribution is -0.147. The van der Waals surface area contributed by atoms with Crippen LogP contribution in [-0.2, 0) is 9.53 Å². The van der Waals surface area contributed by atoms with Crippen molar-refractivity contribution in [3.05, 3.63) is 48.6 Å². The molecular weight excluding hydrogens is 364 g/mol. The summed E-state index contributed by atoms with van der Waals surface area (Å²) in [6.45, 7) is 1.65. The van der Waals surface area contributed by atoms with E-state index in [-0.39, 0.29) is 19.2 Å². The quantitative estimate of drug-likeness (QED) is 0.161. The first-order valence-corrected chi connectivity index (χ1v) is 11.2. The SMILES string of the molecule is CC/C=C\C/C=C\C/C=C\C/C=C\CCCCCCCCC(=O)OCC(O)CO. The van der Waals surface area contributed by atoms with Gasteiger partial charge in [0, 0.05) is 6.42 Å². The predicted molar refractivity (Wildman–Crippen MR) is 122 cm³/mol. The fourth-order valence-corrected chi connectivity index (χ4v) is 2.65. The summed E-state index contributed by atoms with van der Waals surface area (Å²) in [7, 11) is 0. The largest absolute Gasteiger partial charge is 0.463 e. The molecule has 0 aliphatic carbocycles. The molecule has 0 amide bonds. The molecule has 0 bridgehead atoms. The second kappa shape index (κ2) is 22.6. The Morgan fingerprint density at radius 2 is 1.31 bits per heavy atom. The van der Waals surface area contributed by atoms with Crippen LogP contribution >= 0.6 is 0 Å². The van der Waals surface area contributed by atoms with Gasteiger partial charge in [-0.3, -0.25) is 4.79 Å². The number of carbonyl (C=O) groups is 1. The number of aliphatic hydroxyl groups is 2. The van der Waals surface area contributed by atoms with E-state index in [1.54, 1.807) is 0 Å². The maximum Gasteiger partial charge on any atom is 0.305 e. The molecule has 0 spiro atoms. The van der Waals surface area contributed by atoms with Crippen molar-refractivity contribution >= 4 is 5.97 Å². The van der Waals surface area contributed by atoms with Crippen molar-refractivity contribution in [1.82, 2.24) is 0 Å². The zero-order valence-electron chi connectivity index (χ0n) is 18.3. The molecule has 0 aromatic rings. The van der Waals surface area contributed by atoms with Gasteiger partial charge in [0.25, 0.3) is 0 Å². The third-order valence-corrected chi connectivity index (χ3v) is 4.37. The molecule has 4 heteroatoms. The first-order valence-electron chi connectivity index (χ1n) is 11.2. The Balaban J connectivity index is 3.36. The third kappa shape index (κ3) is 22.5. The molecule has 0 aliphatic heterocycles. The molecule has 1 atom stereocenters. The van der Waals surface area contributed by atoms with E-state index >= 15 is 0 Å². The summed E-state index contributed by atoms with van der Waals surface area (Å²) >= 11 is 0. The molecule has 0 aromatic carbocycles. The zero-order valence-corrected chi connectivity index (χ0v) is 18.3. The first-order chi connectivity index (χ1) is 14.2.